The number of halogens is 6. The van der Waals surface area contributed by atoms with Gasteiger partial charge in [0.25, 0.3) is 11.8 Å². The number of aromatic nitrogens is 2. The maximum Gasteiger partial charge on any atom is 0.418 e. The molecule has 2 aromatic heterocycles. The first-order valence-electron chi connectivity index (χ1n) is 16.5. The second-order valence-corrected chi connectivity index (χ2v) is 12.3. The highest BCUT2D eigenvalue weighted by Gasteiger charge is 2.35. The van der Waals surface area contributed by atoms with E-state index in [-0.39, 0.29) is 27.8 Å². The number of benzene rings is 4. The third-order valence-electron chi connectivity index (χ3n) is 8.60. The van der Waals surface area contributed by atoms with E-state index in [1.54, 1.807) is 29.2 Å². The number of rotatable bonds is 5. The number of morpholine rings is 1. The molecule has 290 valence electrons. The number of carbonyl (C=O) groups is 2. The Hall–Kier alpha value is -6.82. The minimum atomic E-state index is -4.72. The van der Waals surface area contributed by atoms with Crippen molar-refractivity contribution in [3.63, 3.8) is 0 Å². The van der Waals surface area contributed by atoms with Crippen LogP contribution in [0.4, 0.5) is 43.4 Å². The predicted octanol–water partition coefficient (Wildman–Crippen LogP) is 6.85. The Labute approximate surface area is 311 Å². The summed E-state index contributed by atoms with van der Waals surface area (Å²) in [5.41, 5.74) is -3.66. The first-order chi connectivity index (χ1) is 26.5. The molecular weight excluding hydrogens is 752 g/mol. The van der Waals surface area contributed by atoms with Crippen LogP contribution in [0.3, 0.4) is 0 Å². The Kier molecular flexibility index (Phi) is 10.8. The number of phenolic OH excluding ortho intramolecular Hbond substituents is 2. The van der Waals surface area contributed by atoms with Crippen LogP contribution in [0.2, 0.25) is 0 Å². The van der Waals surface area contributed by atoms with Gasteiger partial charge in [0.05, 0.1) is 40.9 Å². The standard InChI is InChI=1S/C21H18F3N3O3.C17H11F3N2O4/c22-21(23,24)16-11-13(27-7-9-30-10-8-27)5-6-18(16)26-20(29)15-12-25-17-4-2-1-3-14(17)19(15)28;18-17(19,20)8-4-9(6-10(23)5-8)22-16(26)11-7-21-12-2-1-3-13(24)14(12)15(11)25/h1-6,11-12H,7-10H2,(H,25,28)(H,26,29);1-7,23-24H,(H,21,25)(H,22,26). The van der Waals surface area contributed by atoms with Gasteiger partial charge in [0.1, 0.15) is 22.6 Å². The zero-order chi connectivity index (χ0) is 40.4. The molecular formula is C38H29F6N5O7. The average Bonchev–Trinajstić information content (AvgIpc) is 3.15. The largest absolute Gasteiger partial charge is 0.508 e. The van der Waals surface area contributed by atoms with Crippen LogP contribution in [0.15, 0.2) is 101 Å². The summed E-state index contributed by atoms with van der Waals surface area (Å²) >= 11 is 0. The number of anilines is 3. The molecule has 56 heavy (non-hydrogen) atoms. The summed E-state index contributed by atoms with van der Waals surface area (Å²) in [5.74, 6) is -2.93. The van der Waals surface area contributed by atoms with Crippen molar-refractivity contribution in [1.29, 1.82) is 0 Å². The summed E-state index contributed by atoms with van der Waals surface area (Å²) in [7, 11) is 0. The van der Waals surface area contributed by atoms with Crippen molar-refractivity contribution in [3.05, 3.63) is 134 Å². The highest BCUT2D eigenvalue weighted by atomic mass is 19.4. The zero-order valence-corrected chi connectivity index (χ0v) is 28.6. The molecule has 0 unspecified atom stereocenters. The lowest BCUT2D eigenvalue weighted by atomic mass is 10.1. The summed E-state index contributed by atoms with van der Waals surface area (Å²) < 4.78 is 84.6. The number of fused-ring (bicyclic) bond motifs is 2. The number of nitrogens with one attached hydrogen (secondary N) is 4. The van der Waals surface area contributed by atoms with Crippen LogP contribution in [0.1, 0.15) is 31.8 Å². The van der Waals surface area contributed by atoms with Crippen molar-refractivity contribution in [2.24, 2.45) is 0 Å². The molecule has 1 aliphatic heterocycles. The predicted molar refractivity (Wildman–Crippen MR) is 194 cm³/mol. The Bertz CT molecular complexity index is 2580. The molecule has 6 N–H and O–H groups in total. The van der Waals surface area contributed by atoms with E-state index in [0.29, 0.717) is 55.2 Å². The second kappa shape index (κ2) is 15.5. The molecule has 2 amide bonds. The monoisotopic (exact) mass is 781 g/mol. The van der Waals surface area contributed by atoms with Crippen LogP contribution < -0.4 is 26.4 Å². The molecule has 6 aromatic rings. The van der Waals surface area contributed by atoms with Crippen molar-refractivity contribution in [2.75, 3.05) is 41.8 Å². The van der Waals surface area contributed by atoms with Crippen molar-refractivity contribution in [1.82, 2.24) is 9.97 Å². The van der Waals surface area contributed by atoms with E-state index in [1.165, 1.54) is 36.5 Å². The van der Waals surface area contributed by atoms with Crippen LogP contribution in [0.25, 0.3) is 21.8 Å². The normalized spacial score (nSPS) is 13.2. The molecule has 0 radical (unpaired) electrons. The van der Waals surface area contributed by atoms with E-state index in [0.717, 1.165) is 18.3 Å². The minimum absolute atomic E-state index is 0.118. The van der Waals surface area contributed by atoms with Crippen molar-refractivity contribution in [2.45, 2.75) is 12.4 Å². The van der Waals surface area contributed by atoms with Crippen LogP contribution in [-0.4, -0.2) is 58.3 Å². The molecule has 7 rings (SSSR count). The molecule has 0 bridgehead atoms. The molecule has 1 fully saturated rings. The van der Waals surface area contributed by atoms with Crippen molar-refractivity contribution >= 4 is 50.7 Å². The van der Waals surface area contributed by atoms with E-state index in [2.05, 4.69) is 20.6 Å². The van der Waals surface area contributed by atoms with Crippen LogP contribution in [0.5, 0.6) is 11.5 Å². The number of alkyl halides is 6. The molecule has 0 spiro atoms. The van der Waals surface area contributed by atoms with Gasteiger partial charge in [-0.3, -0.25) is 19.2 Å². The number of ether oxygens (including phenoxy) is 1. The summed E-state index contributed by atoms with van der Waals surface area (Å²) in [4.78, 5) is 57.2. The Balaban J connectivity index is 0.000000192. The van der Waals surface area contributed by atoms with Crippen LogP contribution in [-0.2, 0) is 17.1 Å². The Morgan fingerprint density at radius 2 is 1.36 bits per heavy atom. The van der Waals surface area contributed by atoms with E-state index >= 15 is 0 Å². The highest BCUT2D eigenvalue weighted by molar-refractivity contribution is 6.07. The van der Waals surface area contributed by atoms with Gasteiger partial charge in [-0.15, -0.1) is 0 Å². The lowest BCUT2D eigenvalue weighted by molar-refractivity contribution is -0.138. The van der Waals surface area contributed by atoms with Crippen molar-refractivity contribution < 1.29 is 50.9 Å². The molecule has 3 heterocycles. The molecule has 1 aliphatic rings. The molecule has 4 aromatic carbocycles. The number of hydrogen-bond donors (Lipinski definition) is 6. The first kappa shape index (κ1) is 38.9. The molecule has 1 saturated heterocycles. The average molecular weight is 782 g/mol. The number of para-hydroxylation sites is 1. The number of H-pyrrole nitrogens is 2. The zero-order valence-electron chi connectivity index (χ0n) is 28.6. The van der Waals surface area contributed by atoms with Crippen LogP contribution >= 0.6 is 0 Å². The molecule has 18 heteroatoms. The van der Waals surface area contributed by atoms with Gasteiger partial charge < -0.3 is 40.5 Å². The van der Waals surface area contributed by atoms with Gasteiger partial charge in [-0.05, 0) is 54.6 Å². The fraction of sp³-hybridized carbons (Fsp3) is 0.158. The van der Waals surface area contributed by atoms with Gasteiger partial charge >= 0.3 is 12.4 Å². The molecule has 0 aliphatic carbocycles. The lowest BCUT2D eigenvalue weighted by Crippen LogP contribution is -2.36. The number of amides is 2. The maximum absolute atomic E-state index is 13.7. The van der Waals surface area contributed by atoms with Crippen molar-refractivity contribution in [3.8, 4) is 11.5 Å². The third-order valence-corrected chi connectivity index (χ3v) is 8.60. The highest BCUT2D eigenvalue weighted by Crippen LogP contribution is 2.38. The van der Waals surface area contributed by atoms with E-state index in [4.69, 9.17) is 4.74 Å². The fourth-order valence-electron chi connectivity index (χ4n) is 5.88. The number of carbonyl (C=O) groups excluding carboxylic acids is 2. The first-order valence-corrected chi connectivity index (χ1v) is 16.5. The topological polar surface area (TPSA) is 177 Å². The molecule has 0 saturated carbocycles. The maximum atomic E-state index is 13.7. The number of hydrogen-bond acceptors (Lipinski definition) is 8. The molecule has 0 atom stereocenters. The summed E-state index contributed by atoms with van der Waals surface area (Å²) in [6.07, 6.45) is -7.10. The Morgan fingerprint density at radius 1 is 0.714 bits per heavy atom. The number of pyridine rings is 2. The SMILES string of the molecule is O=C(Nc1cc(O)cc(C(F)(F)F)c1)c1c[nH]c2cccc(O)c2c1=O.O=C(Nc1ccc(N2CCOCC2)cc1C(F)(F)F)c1c[nH]c2ccccc2c1=O. The second-order valence-electron chi connectivity index (χ2n) is 12.3. The lowest BCUT2D eigenvalue weighted by Gasteiger charge is -2.29. The summed E-state index contributed by atoms with van der Waals surface area (Å²) in [6.45, 7) is 1.83. The van der Waals surface area contributed by atoms with Gasteiger partial charge in [-0.1, -0.05) is 18.2 Å². The number of phenols is 2. The Morgan fingerprint density at radius 3 is 2.05 bits per heavy atom. The van der Waals surface area contributed by atoms with E-state index in [1.807, 2.05) is 0 Å². The van der Waals surface area contributed by atoms with E-state index < -0.39 is 63.2 Å². The quantitative estimate of drug-likeness (QED) is 0.103. The van der Waals surface area contributed by atoms with Gasteiger partial charge in [-0.25, -0.2) is 0 Å². The van der Waals surface area contributed by atoms with Gasteiger partial charge in [0.15, 0.2) is 0 Å². The smallest absolute Gasteiger partial charge is 0.418 e. The summed E-state index contributed by atoms with van der Waals surface area (Å²) in [6, 6.07) is 16.7. The van der Waals surface area contributed by atoms with Gasteiger partial charge in [0.2, 0.25) is 10.9 Å². The third kappa shape index (κ3) is 8.44. The van der Waals surface area contributed by atoms with Crippen LogP contribution in [0, 0.1) is 0 Å². The molecule has 12 nitrogen and oxygen atoms in total. The van der Waals surface area contributed by atoms with Gasteiger partial charge in [0, 0.05) is 53.8 Å². The number of aromatic amines is 2. The fourth-order valence-corrected chi connectivity index (χ4v) is 5.88. The van der Waals surface area contributed by atoms with E-state index in [9.17, 15) is 55.7 Å². The number of nitrogens with zero attached hydrogens (tertiary/aromatic N) is 1. The van der Waals surface area contributed by atoms with Gasteiger partial charge in [-0.2, -0.15) is 26.3 Å². The minimum Gasteiger partial charge on any atom is -0.508 e. The number of aromatic hydroxyl groups is 2. The summed E-state index contributed by atoms with van der Waals surface area (Å²) in [5, 5.41) is 23.8.